The zero-order chi connectivity index (χ0) is 12.3. The second kappa shape index (κ2) is 5.87. The second-order valence-electron chi connectivity index (χ2n) is 5.00. The summed E-state index contributed by atoms with van der Waals surface area (Å²) in [5, 5.41) is 9.31. The predicted octanol–water partition coefficient (Wildman–Crippen LogP) is 3.44. The van der Waals surface area contributed by atoms with Crippen molar-refractivity contribution >= 4 is 21.6 Å². The van der Waals surface area contributed by atoms with Crippen molar-refractivity contribution in [3.8, 4) is 0 Å². The first-order chi connectivity index (χ1) is 8.15. The molecule has 17 heavy (non-hydrogen) atoms. The number of anilines is 1. The molecular weight excluding hydrogens is 278 g/mol. The number of hydrogen-bond acceptors (Lipinski definition) is 2. The van der Waals surface area contributed by atoms with E-state index in [0.29, 0.717) is 0 Å². The van der Waals surface area contributed by atoms with Crippen molar-refractivity contribution in [2.75, 3.05) is 18.0 Å². The summed E-state index contributed by atoms with van der Waals surface area (Å²) >= 11 is 3.46. The van der Waals surface area contributed by atoms with Gasteiger partial charge in [0.1, 0.15) is 0 Å². The Labute approximate surface area is 112 Å². The number of aliphatic hydroxyl groups is 1. The third kappa shape index (κ3) is 3.71. The smallest absolute Gasteiger partial charge is 0.0512 e. The molecule has 1 saturated heterocycles. The van der Waals surface area contributed by atoms with Crippen LogP contribution in [0.4, 0.5) is 5.69 Å². The van der Waals surface area contributed by atoms with Gasteiger partial charge in [-0.25, -0.2) is 0 Å². The van der Waals surface area contributed by atoms with Crippen LogP contribution in [0.1, 0.15) is 26.2 Å². The number of hydrogen-bond donors (Lipinski definition) is 1. The van der Waals surface area contributed by atoms with Crippen molar-refractivity contribution < 1.29 is 5.11 Å². The van der Waals surface area contributed by atoms with Crippen molar-refractivity contribution in [3.63, 3.8) is 0 Å². The van der Waals surface area contributed by atoms with E-state index in [-0.39, 0.29) is 6.10 Å². The Morgan fingerprint density at radius 2 is 2.12 bits per heavy atom. The molecule has 94 valence electrons. The zero-order valence-electron chi connectivity index (χ0n) is 10.3. The first kappa shape index (κ1) is 12.9. The highest BCUT2D eigenvalue weighted by Crippen LogP contribution is 2.27. The van der Waals surface area contributed by atoms with Gasteiger partial charge < -0.3 is 10.0 Å². The lowest BCUT2D eigenvalue weighted by atomic mass is 10.0. The van der Waals surface area contributed by atoms with E-state index in [9.17, 15) is 5.11 Å². The average molecular weight is 298 g/mol. The lowest BCUT2D eigenvalue weighted by molar-refractivity contribution is 0.175. The highest BCUT2D eigenvalue weighted by atomic mass is 79.9. The molecule has 0 saturated carbocycles. The molecule has 1 aliphatic heterocycles. The van der Waals surface area contributed by atoms with Crippen LogP contribution in [0.5, 0.6) is 0 Å². The Morgan fingerprint density at radius 3 is 2.76 bits per heavy atom. The van der Waals surface area contributed by atoms with Gasteiger partial charge in [0, 0.05) is 23.2 Å². The molecule has 2 atom stereocenters. The van der Waals surface area contributed by atoms with Gasteiger partial charge in [-0.1, -0.05) is 15.9 Å². The molecule has 0 amide bonds. The Morgan fingerprint density at radius 1 is 1.41 bits per heavy atom. The molecular formula is C14H20BrNO. The molecule has 0 aliphatic carbocycles. The molecule has 1 aliphatic rings. The van der Waals surface area contributed by atoms with Crippen molar-refractivity contribution in [1.82, 2.24) is 0 Å². The molecule has 1 fully saturated rings. The Bertz CT molecular complexity index is 350. The summed E-state index contributed by atoms with van der Waals surface area (Å²) in [5.74, 6) is 0.744. The second-order valence-corrected chi connectivity index (χ2v) is 5.92. The molecule has 2 rings (SSSR count). The highest BCUT2D eigenvalue weighted by Gasteiger charge is 2.22. The van der Waals surface area contributed by atoms with Crippen LogP contribution in [0, 0.1) is 5.92 Å². The molecule has 2 nitrogen and oxygen atoms in total. The van der Waals surface area contributed by atoms with E-state index in [1.165, 1.54) is 12.1 Å². The lowest BCUT2D eigenvalue weighted by Crippen LogP contribution is -2.19. The average Bonchev–Trinajstić information content (AvgIpc) is 2.76. The van der Waals surface area contributed by atoms with Gasteiger partial charge in [-0.2, -0.15) is 0 Å². The van der Waals surface area contributed by atoms with Crippen molar-refractivity contribution in [1.29, 1.82) is 0 Å². The van der Waals surface area contributed by atoms with Gasteiger partial charge in [0.2, 0.25) is 0 Å². The highest BCUT2D eigenvalue weighted by molar-refractivity contribution is 9.10. The third-order valence-electron chi connectivity index (χ3n) is 3.47. The summed E-state index contributed by atoms with van der Waals surface area (Å²) in [7, 11) is 0. The fourth-order valence-corrected chi connectivity index (χ4v) is 2.70. The fraction of sp³-hybridized carbons (Fsp3) is 0.571. The largest absolute Gasteiger partial charge is 0.393 e. The van der Waals surface area contributed by atoms with Crippen LogP contribution in [-0.2, 0) is 0 Å². The van der Waals surface area contributed by atoms with Crippen molar-refractivity contribution in [2.24, 2.45) is 5.92 Å². The van der Waals surface area contributed by atoms with Crippen LogP contribution >= 0.6 is 15.9 Å². The molecule has 1 aromatic carbocycles. The summed E-state index contributed by atoms with van der Waals surface area (Å²) in [4.78, 5) is 2.44. The Hall–Kier alpha value is -0.540. The number of benzene rings is 1. The minimum Gasteiger partial charge on any atom is -0.393 e. The zero-order valence-corrected chi connectivity index (χ0v) is 11.9. The molecule has 0 radical (unpaired) electrons. The maximum absolute atomic E-state index is 9.31. The number of aliphatic hydroxyl groups excluding tert-OH is 1. The minimum atomic E-state index is -0.156. The van der Waals surface area contributed by atoms with Crippen LogP contribution in [0.15, 0.2) is 28.7 Å². The van der Waals surface area contributed by atoms with E-state index in [1.807, 2.05) is 6.92 Å². The van der Waals surface area contributed by atoms with Gasteiger partial charge in [0.15, 0.2) is 0 Å². The quantitative estimate of drug-likeness (QED) is 0.920. The van der Waals surface area contributed by atoms with Crippen LogP contribution in [-0.4, -0.2) is 24.3 Å². The summed E-state index contributed by atoms with van der Waals surface area (Å²) in [5.41, 5.74) is 1.31. The Kier molecular flexibility index (Phi) is 4.46. The van der Waals surface area contributed by atoms with Crippen LogP contribution in [0.3, 0.4) is 0 Å². The third-order valence-corrected chi connectivity index (χ3v) is 4.00. The summed E-state index contributed by atoms with van der Waals surface area (Å²) in [6.07, 6.45) is 3.17. The van der Waals surface area contributed by atoms with E-state index in [2.05, 4.69) is 45.1 Å². The number of halogens is 1. The molecule has 1 heterocycles. The van der Waals surface area contributed by atoms with Crippen LogP contribution in [0.2, 0.25) is 0 Å². The molecule has 1 aromatic rings. The summed E-state index contributed by atoms with van der Waals surface area (Å²) in [6, 6.07) is 8.53. The predicted molar refractivity (Wildman–Crippen MR) is 75.4 cm³/mol. The Balaban J connectivity index is 1.87. The van der Waals surface area contributed by atoms with E-state index < -0.39 is 0 Å². The van der Waals surface area contributed by atoms with Crippen molar-refractivity contribution in [2.45, 2.75) is 32.3 Å². The van der Waals surface area contributed by atoms with E-state index in [0.717, 1.165) is 36.3 Å². The molecule has 2 unspecified atom stereocenters. The lowest BCUT2D eigenvalue weighted by Gasteiger charge is -2.19. The molecule has 0 aromatic heterocycles. The molecule has 0 spiro atoms. The van der Waals surface area contributed by atoms with Gasteiger partial charge in [-0.05, 0) is 56.4 Å². The van der Waals surface area contributed by atoms with E-state index in [4.69, 9.17) is 0 Å². The van der Waals surface area contributed by atoms with E-state index >= 15 is 0 Å². The SMILES string of the molecule is CC(O)CCC1CCN(c2ccc(Br)cc2)C1. The topological polar surface area (TPSA) is 23.5 Å². The first-order valence-electron chi connectivity index (χ1n) is 6.33. The maximum Gasteiger partial charge on any atom is 0.0512 e. The van der Waals surface area contributed by atoms with E-state index in [1.54, 1.807) is 0 Å². The van der Waals surface area contributed by atoms with Crippen LogP contribution in [0.25, 0.3) is 0 Å². The first-order valence-corrected chi connectivity index (χ1v) is 7.13. The maximum atomic E-state index is 9.31. The number of rotatable bonds is 4. The monoisotopic (exact) mass is 297 g/mol. The minimum absolute atomic E-state index is 0.156. The molecule has 0 bridgehead atoms. The van der Waals surface area contributed by atoms with Crippen molar-refractivity contribution in [3.05, 3.63) is 28.7 Å². The van der Waals surface area contributed by atoms with Gasteiger partial charge >= 0.3 is 0 Å². The fourth-order valence-electron chi connectivity index (χ4n) is 2.43. The van der Waals surface area contributed by atoms with Gasteiger partial charge in [0.25, 0.3) is 0 Å². The van der Waals surface area contributed by atoms with Gasteiger partial charge in [-0.15, -0.1) is 0 Å². The standard InChI is InChI=1S/C14H20BrNO/c1-11(17)2-3-12-8-9-16(10-12)14-6-4-13(15)5-7-14/h4-7,11-12,17H,2-3,8-10H2,1H3. The van der Waals surface area contributed by atoms with Gasteiger partial charge in [-0.3, -0.25) is 0 Å². The van der Waals surface area contributed by atoms with Crippen LogP contribution < -0.4 is 4.90 Å². The van der Waals surface area contributed by atoms with Gasteiger partial charge in [0.05, 0.1) is 6.10 Å². The molecule has 1 N–H and O–H groups in total. The summed E-state index contributed by atoms with van der Waals surface area (Å²) < 4.78 is 1.13. The normalized spacial score (nSPS) is 21.8. The molecule has 3 heteroatoms. The number of nitrogens with zero attached hydrogens (tertiary/aromatic N) is 1. The summed E-state index contributed by atoms with van der Waals surface area (Å²) in [6.45, 7) is 4.15.